The first kappa shape index (κ1) is 59.4. The van der Waals surface area contributed by atoms with Crippen molar-refractivity contribution < 1.29 is 9.47 Å². The minimum Gasteiger partial charge on any atom is -0.441 e. The normalized spacial score (nSPS) is 15.0. The van der Waals surface area contributed by atoms with Crippen LogP contribution in [0.2, 0.25) is 0 Å². The molecule has 0 radical (unpaired) electrons. The predicted octanol–water partition coefficient (Wildman–Crippen LogP) is 18.9. The van der Waals surface area contributed by atoms with Gasteiger partial charge in [0.1, 0.15) is 11.5 Å². The molecule has 0 atom stereocenters. The van der Waals surface area contributed by atoms with Crippen molar-refractivity contribution >= 4 is 109 Å². The predicted molar refractivity (Wildman–Crippen MR) is 403 cm³/mol. The number of para-hydroxylation sites is 6. The second-order valence-electron chi connectivity index (χ2n) is 30.6. The van der Waals surface area contributed by atoms with Gasteiger partial charge in [-0.25, -0.2) is 0 Å². The molecule has 8 nitrogen and oxygen atoms in total. The van der Waals surface area contributed by atoms with E-state index >= 15 is 0 Å². The maximum absolute atomic E-state index is 7.94. The van der Waals surface area contributed by atoms with E-state index in [9.17, 15) is 0 Å². The zero-order valence-electron chi connectivity index (χ0n) is 57.1. The molecule has 0 bridgehead atoms. The van der Waals surface area contributed by atoms with Crippen molar-refractivity contribution in [2.75, 3.05) is 20.0 Å². The minimum atomic E-state index is -0.285. The molecule has 10 heteroatoms. The Hall–Kier alpha value is -10.3. The first-order chi connectivity index (χ1) is 46.2. The fourth-order valence-electron chi connectivity index (χ4n) is 16.5. The fourth-order valence-corrected chi connectivity index (χ4v) is 16.5. The molecule has 10 aromatic carbocycles. The van der Waals surface area contributed by atoms with Crippen molar-refractivity contribution in [1.29, 1.82) is 0 Å². The van der Waals surface area contributed by atoms with Crippen molar-refractivity contribution in [2.24, 2.45) is 0 Å². The zero-order valence-corrected chi connectivity index (χ0v) is 57.1. The number of nitrogens with one attached hydrogen (secondary N) is 1. The first-order valence-electron chi connectivity index (χ1n) is 34.3. The van der Waals surface area contributed by atoms with Gasteiger partial charge in [-0.3, -0.25) is 9.13 Å². The highest BCUT2D eigenvalue weighted by molar-refractivity contribution is 7.02. The maximum atomic E-state index is 7.94. The lowest BCUT2D eigenvalue weighted by Gasteiger charge is -2.45. The van der Waals surface area contributed by atoms with Crippen LogP contribution < -0.4 is 62.3 Å². The Bertz CT molecular complexity index is 5120. The van der Waals surface area contributed by atoms with E-state index < -0.39 is 0 Å². The molecular formula is C86H80B2N6O2. The van der Waals surface area contributed by atoms with Crippen molar-refractivity contribution in [3.05, 3.63) is 270 Å². The van der Waals surface area contributed by atoms with Gasteiger partial charge in [0.05, 0.1) is 11.4 Å². The van der Waals surface area contributed by atoms with Gasteiger partial charge in [0.15, 0.2) is 11.8 Å². The molecule has 0 unspecified atom stereocenters. The van der Waals surface area contributed by atoms with Gasteiger partial charge in [0.25, 0.3) is 13.4 Å². The molecule has 1 aliphatic carbocycles. The number of ether oxygens (including phenoxy) is 2. The number of anilines is 11. The largest absolute Gasteiger partial charge is 0.441 e. The number of hydrogen-bond donors (Lipinski definition) is 1. The smallest absolute Gasteiger partial charge is 0.258 e. The fraction of sp³-hybridized carbons (Fsp3) is 0.209. The Morgan fingerprint density at radius 1 is 0.417 bits per heavy atom. The summed E-state index contributed by atoms with van der Waals surface area (Å²) < 4.78 is 20.4. The third-order valence-electron chi connectivity index (χ3n) is 21.3. The molecule has 0 amide bonds. The summed E-state index contributed by atoms with van der Waals surface area (Å²) in [5.41, 5.74) is 27.6. The Morgan fingerprint density at radius 3 is 1.40 bits per heavy atom. The lowest BCUT2D eigenvalue weighted by atomic mass is 9.31. The number of aromatic nitrogens is 2. The average molecular weight is 1250 g/mol. The summed E-state index contributed by atoms with van der Waals surface area (Å²) in [5.74, 6) is 3.32. The highest BCUT2D eigenvalue weighted by atomic mass is 16.5. The average Bonchev–Trinajstić information content (AvgIpc) is 1.22. The molecule has 17 rings (SSSR count). The molecule has 0 spiro atoms. The number of rotatable bonds is 9. The SMILES string of the molecule is Cc1ccccc1Nc1cc2c3c(c1)N(c1ccccc1)c1cc4c(cc1B3c1cc(C(C)(C)C)n(-c3ccccc3)c1O2)B1c2cc(C(C)(C)C)n(-c3ccccc3)c2Oc2cc(N(c3ccccc3C)c3cccc5c3C(C)(C)CCC5(C)C)cc(c21)N4c1ccccc1. The summed E-state index contributed by atoms with van der Waals surface area (Å²) in [6.45, 7) is 27.6. The van der Waals surface area contributed by atoms with Crippen LogP contribution in [-0.4, -0.2) is 22.6 Å². The van der Waals surface area contributed by atoms with Crippen LogP contribution in [0.3, 0.4) is 0 Å². The third kappa shape index (κ3) is 9.25. The Labute approximate surface area is 566 Å². The van der Waals surface area contributed by atoms with E-state index in [0.29, 0.717) is 0 Å². The van der Waals surface area contributed by atoms with Crippen molar-refractivity contribution in [2.45, 2.75) is 118 Å². The minimum absolute atomic E-state index is 0.0187. The molecule has 0 saturated heterocycles. The molecule has 6 heterocycles. The highest BCUT2D eigenvalue weighted by Gasteiger charge is 2.51. The van der Waals surface area contributed by atoms with Gasteiger partial charge >= 0.3 is 0 Å². The summed E-state index contributed by atoms with van der Waals surface area (Å²) in [7, 11) is 0. The number of hydrogen-bond acceptors (Lipinski definition) is 6. The van der Waals surface area contributed by atoms with E-state index in [1.54, 1.807) is 0 Å². The maximum Gasteiger partial charge on any atom is 0.258 e. The molecular weight excluding hydrogens is 1170 g/mol. The number of fused-ring (bicyclic) bond motifs is 9. The Morgan fingerprint density at radius 2 is 0.875 bits per heavy atom. The number of aryl methyl sites for hydroxylation is 2. The molecule has 5 aliphatic rings. The van der Waals surface area contributed by atoms with Crippen molar-refractivity contribution in [3.8, 4) is 34.6 Å². The Kier molecular flexibility index (Phi) is 13.4. The second-order valence-corrected chi connectivity index (χ2v) is 30.6. The summed E-state index contributed by atoms with van der Waals surface area (Å²) in [4.78, 5) is 7.64. The van der Waals surface area contributed by atoms with Crippen LogP contribution in [0.1, 0.15) is 116 Å². The number of benzene rings is 10. The molecule has 12 aromatic rings. The third-order valence-corrected chi connectivity index (χ3v) is 21.3. The van der Waals surface area contributed by atoms with E-state index in [1.165, 1.54) is 44.7 Å². The van der Waals surface area contributed by atoms with Gasteiger partial charge in [0, 0.05) is 96.9 Å². The van der Waals surface area contributed by atoms with Gasteiger partial charge in [-0.15, -0.1) is 0 Å². The van der Waals surface area contributed by atoms with E-state index in [2.05, 4.69) is 349 Å². The monoisotopic (exact) mass is 1250 g/mol. The highest BCUT2D eigenvalue weighted by Crippen LogP contribution is 2.55. The zero-order chi connectivity index (χ0) is 65.9. The Balaban J connectivity index is 1.00. The molecule has 1 N–H and O–H groups in total. The van der Waals surface area contributed by atoms with Crippen LogP contribution in [0.4, 0.5) is 62.6 Å². The van der Waals surface area contributed by atoms with E-state index in [1.807, 2.05) is 0 Å². The first-order valence-corrected chi connectivity index (χ1v) is 34.3. The van der Waals surface area contributed by atoms with Crippen molar-refractivity contribution in [1.82, 2.24) is 9.13 Å². The molecule has 0 saturated carbocycles. The summed E-state index contributed by atoms with van der Waals surface area (Å²) in [6, 6.07) is 87.8. The molecule has 0 fully saturated rings. The quantitative estimate of drug-likeness (QED) is 0.145. The molecule has 96 heavy (non-hydrogen) atoms. The van der Waals surface area contributed by atoms with Crippen LogP contribution in [0.5, 0.6) is 23.3 Å². The van der Waals surface area contributed by atoms with Gasteiger partial charge in [-0.05, 0) is 190 Å². The van der Waals surface area contributed by atoms with Crippen LogP contribution in [0, 0.1) is 13.8 Å². The summed E-state index contributed by atoms with van der Waals surface area (Å²) >= 11 is 0. The van der Waals surface area contributed by atoms with Crippen molar-refractivity contribution in [3.63, 3.8) is 0 Å². The molecule has 2 aromatic heterocycles. The summed E-state index contributed by atoms with van der Waals surface area (Å²) in [6.07, 6.45) is 2.19. The van der Waals surface area contributed by atoms with Crippen LogP contribution in [0.15, 0.2) is 237 Å². The lowest BCUT2D eigenvalue weighted by Crippen LogP contribution is -2.63. The van der Waals surface area contributed by atoms with Crippen LogP contribution in [0.25, 0.3) is 11.4 Å². The van der Waals surface area contributed by atoms with Crippen LogP contribution >= 0.6 is 0 Å². The van der Waals surface area contributed by atoms with E-state index in [0.717, 1.165) is 132 Å². The van der Waals surface area contributed by atoms with Gasteiger partial charge in [-0.2, -0.15) is 0 Å². The van der Waals surface area contributed by atoms with E-state index in [-0.39, 0.29) is 35.1 Å². The number of nitrogens with zero attached hydrogens (tertiary/aromatic N) is 5. The van der Waals surface area contributed by atoms with E-state index in [4.69, 9.17) is 9.47 Å². The lowest BCUT2D eigenvalue weighted by molar-refractivity contribution is 0.332. The molecule has 472 valence electrons. The van der Waals surface area contributed by atoms with Gasteiger partial charge < -0.3 is 29.5 Å². The van der Waals surface area contributed by atoms with Gasteiger partial charge in [0.2, 0.25) is 0 Å². The topological polar surface area (TPSA) is 50.1 Å². The second kappa shape index (κ2) is 21.6. The standard InChI is InChI=1S/C86H80B2N6O2/c1-54-30-25-27-41-67(54)89-56-46-72-79-74(47-56)95-81-65(51-76(83(3,4)5)93(81)59-36-21-15-22-37-59)87(79)63-50-64-71(53-70(63)90(72)57-32-17-13-18-33-57)91(58-34-19-14-20-35-58)73-48-61(49-75-80(73)88(64)66-52-77(84(6,7)8)94(82(66)96-75)60-38-23-16-24-39-60)92(68-42-28-26-31-55(68)2)69-43-29-40-62-78(69)86(11,12)45-44-85(62,9)10/h13-43,46-53,89H,44-45H2,1-12H3. The van der Waals surface area contributed by atoms with Gasteiger partial charge in [-0.1, -0.05) is 197 Å². The summed E-state index contributed by atoms with van der Waals surface area (Å²) in [5, 5.41) is 3.91. The van der Waals surface area contributed by atoms with Crippen LogP contribution in [-0.2, 0) is 21.7 Å². The molecule has 4 aliphatic heterocycles.